The minimum absolute atomic E-state index is 0.0231. The number of hydrogen-bond donors (Lipinski definition) is 0. The molecule has 0 bridgehead atoms. The van der Waals surface area contributed by atoms with E-state index in [-0.39, 0.29) is 11.6 Å². The zero-order valence-corrected chi connectivity index (χ0v) is 20.9. The number of methoxy groups -OCH3 is 1. The minimum atomic E-state index is -0.160. The van der Waals surface area contributed by atoms with Gasteiger partial charge in [-0.2, -0.15) is 0 Å². The molecule has 168 valence electrons. The standard InChI is InChI=1S/C28H21BrN2O2S/c1-33-23-14-12-20(29)15-19(23)16-24-27(32)31-26(18-8-3-2-4-9-18)22-13-11-17-7-5-6-10-21(17)25(22)30-28(31)34-24/h2-10,12,14-16,26H,11,13H2,1H3/b24-16+/t26-/m0/s1. The summed E-state index contributed by atoms with van der Waals surface area (Å²) >= 11 is 4.96. The summed E-state index contributed by atoms with van der Waals surface area (Å²) in [5.41, 5.74) is 6.66. The minimum Gasteiger partial charge on any atom is -0.496 e. The smallest absolute Gasteiger partial charge is 0.271 e. The molecule has 4 nitrogen and oxygen atoms in total. The molecule has 4 aromatic rings. The van der Waals surface area contributed by atoms with Crippen molar-refractivity contribution in [3.63, 3.8) is 0 Å². The summed E-state index contributed by atoms with van der Waals surface area (Å²) in [6.07, 6.45) is 3.75. The molecule has 0 unspecified atom stereocenters. The third-order valence-corrected chi connectivity index (χ3v) is 7.94. The van der Waals surface area contributed by atoms with Gasteiger partial charge in [-0.1, -0.05) is 81.9 Å². The van der Waals surface area contributed by atoms with E-state index in [9.17, 15) is 4.79 Å². The molecule has 0 saturated carbocycles. The highest BCUT2D eigenvalue weighted by molar-refractivity contribution is 9.10. The van der Waals surface area contributed by atoms with E-state index in [1.54, 1.807) is 7.11 Å². The van der Waals surface area contributed by atoms with E-state index in [1.807, 2.05) is 47.0 Å². The fourth-order valence-corrected chi connectivity index (χ4v) is 6.29. The van der Waals surface area contributed by atoms with E-state index in [0.717, 1.165) is 44.7 Å². The molecular formula is C28H21BrN2O2S. The second-order valence-corrected chi connectivity index (χ2v) is 10.3. The first-order chi connectivity index (χ1) is 16.6. The van der Waals surface area contributed by atoms with Crippen LogP contribution >= 0.6 is 27.3 Å². The van der Waals surface area contributed by atoms with Gasteiger partial charge in [-0.05, 0) is 53.8 Å². The highest BCUT2D eigenvalue weighted by atomic mass is 79.9. The fourth-order valence-electron chi connectivity index (χ4n) is 4.92. The maximum Gasteiger partial charge on any atom is 0.271 e. The Morgan fingerprint density at radius 3 is 2.68 bits per heavy atom. The van der Waals surface area contributed by atoms with Crippen molar-refractivity contribution in [1.29, 1.82) is 0 Å². The number of rotatable bonds is 3. The average Bonchev–Trinajstić information content (AvgIpc) is 3.18. The Hall–Kier alpha value is -3.22. The van der Waals surface area contributed by atoms with Crippen LogP contribution in [0.1, 0.15) is 34.7 Å². The summed E-state index contributed by atoms with van der Waals surface area (Å²) in [6, 6.07) is 24.4. The van der Waals surface area contributed by atoms with Gasteiger partial charge in [0.25, 0.3) is 5.56 Å². The third kappa shape index (κ3) is 3.49. The van der Waals surface area contributed by atoms with Crippen molar-refractivity contribution in [3.05, 3.63) is 125 Å². The lowest BCUT2D eigenvalue weighted by Gasteiger charge is -2.30. The predicted molar refractivity (Wildman–Crippen MR) is 140 cm³/mol. The molecule has 0 N–H and O–H groups in total. The van der Waals surface area contributed by atoms with Gasteiger partial charge in [0, 0.05) is 15.6 Å². The van der Waals surface area contributed by atoms with Crippen LogP contribution in [-0.4, -0.2) is 11.7 Å². The molecule has 1 aliphatic carbocycles. The SMILES string of the molecule is COc1ccc(Br)cc1/C=c1/sc2n(c1=O)[C@@H](c1ccccc1)C1=C(N=2)c2ccccc2CC1. The zero-order valence-electron chi connectivity index (χ0n) is 18.5. The van der Waals surface area contributed by atoms with Crippen LogP contribution in [0.15, 0.2) is 92.6 Å². The Labute approximate surface area is 209 Å². The van der Waals surface area contributed by atoms with Gasteiger partial charge < -0.3 is 4.74 Å². The van der Waals surface area contributed by atoms with E-state index in [4.69, 9.17) is 9.73 Å². The summed E-state index contributed by atoms with van der Waals surface area (Å²) in [5, 5.41) is 0. The number of aryl methyl sites for hydroxylation is 1. The van der Waals surface area contributed by atoms with Gasteiger partial charge in [-0.3, -0.25) is 9.36 Å². The summed E-state index contributed by atoms with van der Waals surface area (Å²) < 4.78 is 8.99. The molecule has 0 amide bonds. The van der Waals surface area contributed by atoms with Crippen molar-refractivity contribution in [3.8, 4) is 5.75 Å². The Morgan fingerprint density at radius 1 is 1.06 bits per heavy atom. The van der Waals surface area contributed by atoms with Crippen molar-refractivity contribution in [2.75, 3.05) is 7.11 Å². The van der Waals surface area contributed by atoms with Crippen LogP contribution < -0.4 is 19.6 Å². The van der Waals surface area contributed by atoms with Gasteiger partial charge >= 0.3 is 0 Å². The molecular weight excluding hydrogens is 508 g/mol. The highest BCUT2D eigenvalue weighted by Gasteiger charge is 2.32. The molecule has 1 atom stereocenters. The molecule has 3 aromatic carbocycles. The number of nitrogens with zero attached hydrogens (tertiary/aromatic N) is 2. The summed E-state index contributed by atoms with van der Waals surface area (Å²) in [4.78, 5) is 19.6. The molecule has 1 aliphatic heterocycles. The number of halogens is 1. The number of aromatic nitrogens is 1. The van der Waals surface area contributed by atoms with Gasteiger partial charge in [0.2, 0.25) is 0 Å². The van der Waals surface area contributed by atoms with Crippen LogP contribution in [0.5, 0.6) is 5.75 Å². The lowest BCUT2D eigenvalue weighted by molar-refractivity contribution is 0.413. The highest BCUT2D eigenvalue weighted by Crippen LogP contribution is 2.41. The first kappa shape index (κ1) is 21.3. The molecule has 0 saturated heterocycles. The van der Waals surface area contributed by atoms with Crippen LogP contribution in [0.2, 0.25) is 0 Å². The van der Waals surface area contributed by atoms with Crippen LogP contribution in [0.25, 0.3) is 11.8 Å². The summed E-state index contributed by atoms with van der Waals surface area (Å²) in [6.45, 7) is 0. The predicted octanol–water partition coefficient (Wildman–Crippen LogP) is 5.09. The van der Waals surface area contributed by atoms with E-state index in [1.165, 1.54) is 28.0 Å². The molecule has 1 aromatic heterocycles. The van der Waals surface area contributed by atoms with Gasteiger partial charge in [-0.25, -0.2) is 4.99 Å². The zero-order chi connectivity index (χ0) is 23.2. The number of ether oxygens (including phenoxy) is 1. The Balaban J connectivity index is 1.63. The molecule has 0 fully saturated rings. The van der Waals surface area contributed by atoms with Crippen molar-refractivity contribution in [2.45, 2.75) is 18.9 Å². The summed E-state index contributed by atoms with van der Waals surface area (Å²) in [7, 11) is 1.64. The number of thiazole rings is 1. The van der Waals surface area contributed by atoms with E-state index >= 15 is 0 Å². The average molecular weight is 529 g/mol. The second-order valence-electron chi connectivity index (χ2n) is 8.41. The van der Waals surface area contributed by atoms with Crippen molar-refractivity contribution >= 4 is 39.0 Å². The number of fused-ring (bicyclic) bond motifs is 3. The molecule has 6 heteroatoms. The third-order valence-electron chi connectivity index (χ3n) is 6.47. The molecule has 6 rings (SSSR count). The first-order valence-corrected chi connectivity index (χ1v) is 12.8. The molecule has 2 heterocycles. The van der Waals surface area contributed by atoms with Crippen molar-refractivity contribution < 1.29 is 4.74 Å². The Morgan fingerprint density at radius 2 is 1.85 bits per heavy atom. The van der Waals surface area contributed by atoms with E-state index in [2.05, 4.69) is 52.3 Å². The van der Waals surface area contributed by atoms with Gasteiger partial charge in [0.1, 0.15) is 5.75 Å². The van der Waals surface area contributed by atoms with Crippen LogP contribution in [-0.2, 0) is 6.42 Å². The van der Waals surface area contributed by atoms with Gasteiger partial charge in [0.15, 0.2) is 4.80 Å². The molecule has 34 heavy (non-hydrogen) atoms. The Bertz CT molecular complexity index is 1630. The molecule has 2 aliphatic rings. The quantitative estimate of drug-likeness (QED) is 0.371. The number of hydrogen-bond acceptors (Lipinski definition) is 4. The second kappa shape index (κ2) is 8.53. The topological polar surface area (TPSA) is 43.6 Å². The number of allylic oxidation sites excluding steroid dienone is 1. The largest absolute Gasteiger partial charge is 0.496 e. The van der Waals surface area contributed by atoms with Crippen LogP contribution in [0.3, 0.4) is 0 Å². The Kier molecular flexibility index (Phi) is 5.35. The van der Waals surface area contributed by atoms with Crippen LogP contribution in [0, 0.1) is 0 Å². The molecule has 0 radical (unpaired) electrons. The first-order valence-electron chi connectivity index (χ1n) is 11.2. The van der Waals surface area contributed by atoms with Crippen molar-refractivity contribution in [1.82, 2.24) is 4.57 Å². The van der Waals surface area contributed by atoms with Crippen molar-refractivity contribution in [2.24, 2.45) is 4.99 Å². The lowest BCUT2D eigenvalue weighted by atomic mass is 9.83. The maximum atomic E-state index is 13.8. The lowest BCUT2D eigenvalue weighted by Crippen LogP contribution is -2.38. The fraction of sp³-hybridized carbons (Fsp3) is 0.143. The van der Waals surface area contributed by atoms with Gasteiger partial charge in [-0.15, -0.1) is 0 Å². The normalized spacial score (nSPS) is 17.0. The maximum absolute atomic E-state index is 13.8. The van der Waals surface area contributed by atoms with Crippen LogP contribution in [0.4, 0.5) is 0 Å². The summed E-state index contributed by atoms with van der Waals surface area (Å²) in [5.74, 6) is 0.724. The monoisotopic (exact) mass is 528 g/mol. The van der Waals surface area contributed by atoms with E-state index in [0.29, 0.717) is 4.53 Å². The molecule has 0 spiro atoms. The van der Waals surface area contributed by atoms with Gasteiger partial charge in [0.05, 0.1) is 23.4 Å². The van der Waals surface area contributed by atoms with E-state index < -0.39 is 0 Å². The number of benzene rings is 3.